The Hall–Kier alpha value is -2.74. The molecule has 3 rings (SSSR count). The van der Waals surface area contributed by atoms with Crippen molar-refractivity contribution < 1.29 is 0 Å². The van der Waals surface area contributed by atoms with E-state index in [1.807, 2.05) is 6.07 Å². The number of aliphatic imine (C=N–C) groups is 1. The Kier molecular flexibility index (Phi) is 4.85. The SMILES string of the molecule is CCCC1CC(N=CC(=CN)c2cnc3cccc(C#N)c3n2)C1. The summed E-state index contributed by atoms with van der Waals surface area (Å²) >= 11 is 0. The Labute approximate surface area is 141 Å². The second-order valence-electron chi connectivity index (χ2n) is 6.22. The van der Waals surface area contributed by atoms with Crippen LogP contribution in [0.5, 0.6) is 0 Å². The molecule has 0 radical (unpaired) electrons. The van der Waals surface area contributed by atoms with E-state index < -0.39 is 0 Å². The molecule has 1 aliphatic rings. The Balaban J connectivity index is 1.79. The molecule has 1 heterocycles. The fraction of sp³-hybridized carbons (Fsp3) is 0.368. The largest absolute Gasteiger partial charge is 0.404 e. The predicted octanol–water partition coefficient (Wildman–Crippen LogP) is 3.45. The van der Waals surface area contributed by atoms with E-state index in [-0.39, 0.29) is 0 Å². The van der Waals surface area contributed by atoms with Crippen molar-refractivity contribution in [1.82, 2.24) is 9.97 Å². The van der Waals surface area contributed by atoms with Crippen LogP contribution in [-0.2, 0) is 0 Å². The Morgan fingerprint density at radius 1 is 1.46 bits per heavy atom. The molecule has 0 aliphatic heterocycles. The summed E-state index contributed by atoms with van der Waals surface area (Å²) in [6, 6.07) is 7.93. The van der Waals surface area contributed by atoms with Crippen molar-refractivity contribution in [2.24, 2.45) is 16.6 Å². The highest BCUT2D eigenvalue weighted by Crippen LogP contribution is 2.33. The molecule has 1 fully saturated rings. The molecule has 5 nitrogen and oxygen atoms in total. The van der Waals surface area contributed by atoms with Gasteiger partial charge in [0.15, 0.2) is 0 Å². The number of rotatable bonds is 5. The molecule has 2 N–H and O–H groups in total. The smallest absolute Gasteiger partial charge is 0.107 e. The van der Waals surface area contributed by atoms with Gasteiger partial charge in [-0.2, -0.15) is 5.26 Å². The van der Waals surface area contributed by atoms with Gasteiger partial charge in [0.05, 0.1) is 29.0 Å². The summed E-state index contributed by atoms with van der Waals surface area (Å²) in [7, 11) is 0. The monoisotopic (exact) mass is 319 g/mol. The molecule has 2 aromatic rings. The van der Waals surface area contributed by atoms with Gasteiger partial charge in [-0.25, -0.2) is 4.98 Å². The van der Waals surface area contributed by atoms with Gasteiger partial charge in [-0.1, -0.05) is 25.8 Å². The van der Waals surface area contributed by atoms with E-state index >= 15 is 0 Å². The Bertz CT molecular complexity index is 825. The maximum atomic E-state index is 9.22. The molecule has 24 heavy (non-hydrogen) atoms. The van der Waals surface area contributed by atoms with E-state index in [2.05, 4.69) is 28.0 Å². The third kappa shape index (κ3) is 3.28. The summed E-state index contributed by atoms with van der Waals surface area (Å²) in [5.74, 6) is 0.820. The van der Waals surface area contributed by atoms with E-state index in [4.69, 9.17) is 5.73 Å². The first-order valence-electron chi connectivity index (χ1n) is 8.36. The van der Waals surface area contributed by atoms with Gasteiger partial charge in [-0.3, -0.25) is 9.98 Å². The molecule has 122 valence electrons. The van der Waals surface area contributed by atoms with Gasteiger partial charge in [-0.05, 0) is 30.9 Å². The van der Waals surface area contributed by atoms with Gasteiger partial charge in [0.2, 0.25) is 0 Å². The summed E-state index contributed by atoms with van der Waals surface area (Å²) in [5.41, 5.74) is 8.93. The molecule has 0 bridgehead atoms. The number of hydrogen-bond donors (Lipinski definition) is 1. The zero-order chi connectivity index (χ0) is 16.9. The van der Waals surface area contributed by atoms with Crippen molar-refractivity contribution in [3.05, 3.63) is 41.9 Å². The molecule has 1 aliphatic carbocycles. The molecule has 0 atom stereocenters. The molecule has 0 amide bonds. The van der Waals surface area contributed by atoms with Crippen LogP contribution in [0, 0.1) is 17.2 Å². The fourth-order valence-electron chi connectivity index (χ4n) is 3.11. The number of fused-ring (bicyclic) bond motifs is 1. The first kappa shape index (κ1) is 16.1. The Morgan fingerprint density at radius 2 is 2.29 bits per heavy atom. The first-order chi connectivity index (χ1) is 11.7. The minimum atomic E-state index is 0.389. The van der Waals surface area contributed by atoms with Crippen LogP contribution in [0.2, 0.25) is 0 Å². The first-order valence-corrected chi connectivity index (χ1v) is 8.36. The molecule has 0 spiro atoms. The second kappa shape index (κ2) is 7.22. The molecule has 1 saturated carbocycles. The van der Waals surface area contributed by atoms with Gasteiger partial charge in [0, 0.05) is 18.0 Å². The maximum Gasteiger partial charge on any atom is 0.107 e. The van der Waals surface area contributed by atoms with E-state index in [9.17, 15) is 5.26 Å². The lowest BCUT2D eigenvalue weighted by atomic mass is 9.78. The minimum absolute atomic E-state index is 0.389. The van der Waals surface area contributed by atoms with Crippen LogP contribution in [-0.4, -0.2) is 22.2 Å². The maximum absolute atomic E-state index is 9.22. The molecule has 1 aromatic carbocycles. The number of para-hydroxylation sites is 1. The van der Waals surface area contributed by atoms with Crippen LogP contribution in [0.3, 0.4) is 0 Å². The zero-order valence-electron chi connectivity index (χ0n) is 13.8. The van der Waals surface area contributed by atoms with Crippen molar-refractivity contribution in [3.8, 4) is 6.07 Å². The fourth-order valence-corrected chi connectivity index (χ4v) is 3.11. The van der Waals surface area contributed by atoms with E-state index in [1.54, 1.807) is 24.5 Å². The molecule has 5 heteroatoms. The topological polar surface area (TPSA) is 88.0 Å². The number of hydrogen-bond acceptors (Lipinski definition) is 5. The molecule has 0 saturated heterocycles. The summed E-state index contributed by atoms with van der Waals surface area (Å²) in [5, 5.41) is 9.22. The van der Waals surface area contributed by atoms with Crippen LogP contribution in [0.1, 0.15) is 43.9 Å². The third-order valence-corrected chi connectivity index (χ3v) is 4.50. The highest BCUT2D eigenvalue weighted by atomic mass is 14.8. The van der Waals surface area contributed by atoms with Crippen LogP contribution in [0.25, 0.3) is 16.6 Å². The average molecular weight is 319 g/mol. The van der Waals surface area contributed by atoms with Crippen LogP contribution in [0.4, 0.5) is 0 Å². The molecule has 0 unspecified atom stereocenters. The van der Waals surface area contributed by atoms with Crippen molar-refractivity contribution in [3.63, 3.8) is 0 Å². The van der Waals surface area contributed by atoms with Crippen LogP contribution in [0.15, 0.2) is 35.6 Å². The molecular weight excluding hydrogens is 298 g/mol. The molecular formula is C19H21N5. The Morgan fingerprint density at radius 3 is 3.00 bits per heavy atom. The van der Waals surface area contributed by atoms with Gasteiger partial charge in [0.1, 0.15) is 11.6 Å². The van der Waals surface area contributed by atoms with E-state index in [0.717, 1.165) is 24.3 Å². The molecule has 1 aromatic heterocycles. The number of nitrogens with zero attached hydrogens (tertiary/aromatic N) is 4. The lowest BCUT2D eigenvalue weighted by molar-refractivity contribution is 0.250. The van der Waals surface area contributed by atoms with Crippen LogP contribution >= 0.6 is 0 Å². The standard InChI is InChI=1S/C19H21N5/c1-2-4-13-7-16(8-13)22-11-15(10-21)18-12-23-17-6-3-5-14(9-20)19(17)24-18/h3,5-6,10-13,16H,2,4,7-8,21H2,1H3. The van der Waals surface area contributed by atoms with Crippen molar-refractivity contribution in [2.45, 2.75) is 38.6 Å². The zero-order valence-corrected chi connectivity index (χ0v) is 13.8. The van der Waals surface area contributed by atoms with Gasteiger partial charge >= 0.3 is 0 Å². The van der Waals surface area contributed by atoms with Crippen molar-refractivity contribution in [2.75, 3.05) is 0 Å². The number of nitriles is 1. The number of nitrogens with two attached hydrogens (primary N) is 1. The van der Waals surface area contributed by atoms with Gasteiger partial charge in [-0.15, -0.1) is 0 Å². The van der Waals surface area contributed by atoms with Crippen molar-refractivity contribution in [1.29, 1.82) is 5.26 Å². The summed E-state index contributed by atoms with van der Waals surface area (Å²) in [6.45, 7) is 2.22. The average Bonchev–Trinajstić information content (AvgIpc) is 2.59. The normalized spacial score (nSPS) is 20.9. The lowest BCUT2D eigenvalue weighted by Gasteiger charge is -2.32. The minimum Gasteiger partial charge on any atom is -0.404 e. The van der Waals surface area contributed by atoms with E-state index in [1.165, 1.54) is 19.0 Å². The predicted molar refractivity (Wildman–Crippen MR) is 96.3 cm³/mol. The summed E-state index contributed by atoms with van der Waals surface area (Å²) in [6.07, 6.45) is 9.80. The highest BCUT2D eigenvalue weighted by molar-refractivity contribution is 6.09. The number of allylic oxidation sites excluding steroid dienone is 1. The second-order valence-corrected chi connectivity index (χ2v) is 6.22. The quantitative estimate of drug-likeness (QED) is 0.855. The van der Waals surface area contributed by atoms with Gasteiger partial charge in [0.25, 0.3) is 0 Å². The highest BCUT2D eigenvalue weighted by Gasteiger charge is 2.27. The van der Waals surface area contributed by atoms with Crippen molar-refractivity contribution >= 4 is 22.8 Å². The van der Waals surface area contributed by atoms with Crippen LogP contribution < -0.4 is 5.73 Å². The number of aromatic nitrogens is 2. The summed E-state index contributed by atoms with van der Waals surface area (Å²) in [4.78, 5) is 13.6. The number of benzene rings is 1. The lowest BCUT2D eigenvalue weighted by Crippen LogP contribution is -2.27. The van der Waals surface area contributed by atoms with E-state index in [0.29, 0.717) is 28.3 Å². The third-order valence-electron chi connectivity index (χ3n) is 4.50. The van der Waals surface area contributed by atoms with Gasteiger partial charge < -0.3 is 5.73 Å². The summed E-state index contributed by atoms with van der Waals surface area (Å²) < 4.78 is 0.